The number of nitrogens with one attached hydrogen (secondary N) is 1. The Bertz CT molecular complexity index is 833. The molecule has 2 aromatic carbocycles. The molecule has 0 aliphatic heterocycles. The van der Waals surface area contributed by atoms with Gasteiger partial charge in [0, 0.05) is 5.56 Å². The average molecular weight is 280 g/mol. The number of hydrogen-bond acceptors (Lipinski definition) is 2. The van der Waals surface area contributed by atoms with Crippen molar-refractivity contribution in [1.29, 1.82) is 0 Å². The third-order valence-corrected chi connectivity index (χ3v) is 3.18. The van der Waals surface area contributed by atoms with E-state index in [0.717, 1.165) is 0 Å². The van der Waals surface area contributed by atoms with Crippen molar-refractivity contribution in [2.24, 2.45) is 0 Å². The van der Waals surface area contributed by atoms with E-state index in [1.807, 2.05) is 12.1 Å². The smallest absolute Gasteiger partial charge is 0.343 e. The molecule has 5 nitrogen and oxygen atoms in total. The third-order valence-electron chi connectivity index (χ3n) is 3.18. The second-order valence-electron chi connectivity index (χ2n) is 4.51. The number of aromatic carboxylic acids is 1. The van der Waals surface area contributed by atoms with Crippen molar-refractivity contribution < 1.29 is 9.90 Å². The molecule has 104 valence electrons. The van der Waals surface area contributed by atoms with Crippen LogP contribution in [0.4, 0.5) is 0 Å². The lowest BCUT2D eigenvalue weighted by molar-refractivity contribution is 0.0696. The molecular weight excluding hydrogens is 268 g/mol. The van der Waals surface area contributed by atoms with Gasteiger partial charge in [-0.15, -0.1) is 0 Å². The Kier molecular flexibility index (Phi) is 3.16. The van der Waals surface area contributed by atoms with Gasteiger partial charge >= 0.3 is 5.97 Å². The van der Waals surface area contributed by atoms with Crippen molar-refractivity contribution in [3.63, 3.8) is 0 Å². The van der Waals surface area contributed by atoms with E-state index in [9.17, 15) is 14.7 Å². The first-order valence-electron chi connectivity index (χ1n) is 6.37. The highest BCUT2D eigenvalue weighted by molar-refractivity contribution is 5.94. The molecule has 3 rings (SSSR count). The summed E-state index contributed by atoms with van der Waals surface area (Å²) in [5.74, 6) is -1.25. The van der Waals surface area contributed by atoms with Gasteiger partial charge in [0.1, 0.15) is 0 Å². The van der Waals surface area contributed by atoms with Crippen molar-refractivity contribution in [3.05, 3.63) is 76.6 Å². The number of aromatic amines is 1. The van der Waals surface area contributed by atoms with Crippen molar-refractivity contribution in [1.82, 2.24) is 9.78 Å². The normalized spacial score (nSPS) is 10.5. The molecule has 0 unspecified atom stereocenters. The lowest BCUT2D eigenvalue weighted by Crippen LogP contribution is -2.19. The molecule has 0 radical (unpaired) electrons. The molecule has 0 atom stereocenters. The Morgan fingerprint density at radius 1 is 0.952 bits per heavy atom. The van der Waals surface area contributed by atoms with Gasteiger partial charge in [-0.1, -0.05) is 48.5 Å². The predicted octanol–water partition coefficient (Wildman–Crippen LogP) is 2.53. The molecule has 0 fully saturated rings. The summed E-state index contributed by atoms with van der Waals surface area (Å²) in [6.07, 6.45) is 0. The zero-order valence-corrected chi connectivity index (χ0v) is 11.0. The molecule has 0 bridgehead atoms. The highest BCUT2D eigenvalue weighted by Gasteiger charge is 2.22. The molecule has 0 spiro atoms. The fourth-order valence-corrected chi connectivity index (χ4v) is 2.21. The molecule has 0 aliphatic rings. The highest BCUT2D eigenvalue weighted by atomic mass is 16.4. The number of H-pyrrole nitrogens is 1. The second-order valence-corrected chi connectivity index (χ2v) is 4.51. The summed E-state index contributed by atoms with van der Waals surface area (Å²) in [6.45, 7) is 0. The largest absolute Gasteiger partial charge is 0.477 e. The minimum atomic E-state index is -1.25. The van der Waals surface area contributed by atoms with Gasteiger partial charge < -0.3 is 5.11 Å². The summed E-state index contributed by atoms with van der Waals surface area (Å²) in [5, 5.41) is 12.2. The van der Waals surface area contributed by atoms with Crippen LogP contribution in [-0.2, 0) is 0 Å². The molecule has 2 N–H and O–H groups in total. The van der Waals surface area contributed by atoms with Gasteiger partial charge in [0.2, 0.25) is 0 Å². The van der Waals surface area contributed by atoms with Crippen molar-refractivity contribution in [3.8, 4) is 16.9 Å². The molecule has 1 heterocycles. The first-order chi connectivity index (χ1) is 10.2. The van der Waals surface area contributed by atoms with Crippen LogP contribution in [0.5, 0.6) is 0 Å². The molecule has 0 aliphatic carbocycles. The minimum Gasteiger partial charge on any atom is -0.477 e. The number of rotatable bonds is 3. The Morgan fingerprint density at radius 2 is 1.52 bits per heavy atom. The van der Waals surface area contributed by atoms with Crippen LogP contribution in [0.1, 0.15) is 10.4 Å². The molecule has 3 aromatic rings. The Balaban J connectivity index is 2.27. The van der Waals surface area contributed by atoms with E-state index >= 15 is 0 Å². The lowest BCUT2D eigenvalue weighted by Gasteiger charge is -2.01. The quantitative estimate of drug-likeness (QED) is 0.774. The SMILES string of the molecule is O=C(O)c1c(-c2ccccc2)[nH]n(-c2ccccc2)c1=O. The number of carboxylic acid groups (broad SMARTS) is 1. The van der Waals surface area contributed by atoms with Crippen molar-refractivity contribution in [2.75, 3.05) is 0 Å². The summed E-state index contributed by atoms with van der Waals surface area (Å²) in [7, 11) is 0. The minimum absolute atomic E-state index is 0.259. The third kappa shape index (κ3) is 2.25. The topological polar surface area (TPSA) is 75.1 Å². The summed E-state index contributed by atoms with van der Waals surface area (Å²) >= 11 is 0. The molecule has 0 saturated carbocycles. The van der Waals surface area contributed by atoms with E-state index in [1.165, 1.54) is 4.68 Å². The van der Waals surface area contributed by atoms with Crippen LogP contribution in [-0.4, -0.2) is 20.9 Å². The monoisotopic (exact) mass is 280 g/mol. The number of carboxylic acids is 1. The van der Waals surface area contributed by atoms with Gasteiger partial charge in [-0.2, -0.15) is 0 Å². The molecule has 1 aromatic heterocycles. The zero-order chi connectivity index (χ0) is 14.8. The maximum absolute atomic E-state index is 12.4. The van der Waals surface area contributed by atoms with E-state index in [4.69, 9.17) is 0 Å². The summed E-state index contributed by atoms with van der Waals surface area (Å²) < 4.78 is 1.24. The summed E-state index contributed by atoms with van der Waals surface area (Å²) in [4.78, 5) is 23.8. The average Bonchev–Trinajstić information content (AvgIpc) is 2.87. The van der Waals surface area contributed by atoms with Crippen molar-refractivity contribution in [2.45, 2.75) is 0 Å². The van der Waals surface area contributed by atoms with E-state index < -0.39 is 11.5 Å². The van der Waals surface area contributed by atoms with Crippen LogP contribution in [0, 0.1) is 0 Å². The summed E-state index contributed by atoms with van der Waals surface area (Å²) in [5.41, 5.74) is 0.712. The maximum Gasteiger partial charge on any atom is 0.343 e. The Hall–Kier alpha value is -3.08. The Morgan fingerprint density at radius 3 is 2.10 bits per heavy atom. The van der Waals surface area contributed by atoms with Crippen molar-refractivity contribution >= 4 is 5.97 Å². The highest BCUT2D eigenvalue weighted by Crippen LogP contribution is 2.20. The molecular formula is C16H12N2O3. The maximum atomic E-state index is 12.4. The first-order valence-corrected chi connectivity index (χ1v) is 6.37. The molecule has 0 amide bonds. The van der Waals surface area contributed by atoms with Gasteiger partial charge in [-0.3, -0.25) is 9.89 Å². The number of para-hydroxylation sites is 1. The number of benzene rings is 2. The van der Waals surface area contributed by atoms with Gasteiger partial charge in [0.25, 0.3) is 5.56 Å². The van der Waals surface area contributed by atoms with Gasteiger partial charge in [0.15, 0.2) is 5.56 Å². The lowest BCUT2D eigenvalue weighted by atomic mass is 10.1. The van der Waals surface area contributed by atoms with Crippen LogP contribution < -0.4 is 5.56 Å². The number of nitrogens with zero attached hydrogens (tertiary/aromatic N) is 1. The Labute approximate surface area is 120 Å². The standard InChI is InChI=1S/C16H12N2O3/c19-15-13(16(20)21)14(11-7-3-1-4-8-11)17-18(15)12-9-5-2-6-10-12/h1-10,17H,(H,20,21). The van der Waals surface area contributed by atoms with E-state index in [-0.39, 0.29) is 5.56 Å². The molecule has 21 heavy (non-hydrogen) atoms. The van der Waals surface area contributed by atoms with E-state index in [2.05, 4.69) is 5.10 Å². The second kappa shape index (κ2) is 5.13. The zero-order valence-electron chi connectivity index (χ0n) is 11.0. The van der Waals surface area contributed by atoms with E-state index in [0.29, 0.717) is 16.9 Å². The number of hydrogen-bond donors (Lipinski definition) is 2. The fraction of sp³-hybridized carbons (Fsp3) is 0. The number of carbonyl (C=O) groups is 1. The summed E-state index contributed by atoms with van der Waals surface area (Å²) in [6, 6.07) is 17.8. The van der Waals surface area contributed by atoms with Gasteiger partial charge in [0.05, 0.1) is 11.4 Å². The van der Waals surface area contributed by atoms with Crippen LogP contribution in [0.15, 0.2) is 65.5 Å². The van der Waals surface area contributed by atoms with Crippen LogP contribution in [0.2, 0.25) is 0 Å². The van der Waals surface area contributed by atoms with Gasteiger partial charge in [-0.25, -0.2) is 9.48 Å². The fourth-order valence-electron chi connectivity index (χ4n) is 2.21. The van der Waals surface area contributed by atoms with Gasteiger partial charge in [-0.05, 0) is 12.1 Å². The molecule has 0 saturated heterocycles. The van der Waals surface area contributed by atoms with Crippen LogP contribution >= 0.6 is 0 Å². The first kappa shape index (κ1) is 12.9. The van der Waals surface area contributed by atoms with E-state index in [1.54, 1.807) is 48.5 Å². The molecule has 5 heteroatoms. The van der Waals surface area contributed by atoms with Crippen LogP contribution in [0.25, 0.3) is 16.9 Å². The van der Waals surface area contributed by atoms with Crippen LogP contribution in [0.3, 0.4) is 0 Å². The number of aromatic nitrogens is 2. The predicted molar refractivity (Wildman–Crippen MR) is 78.8 cm³/mol.